The lowest BCUT2D eigenvalue weighted by Gasteiger charge is -2.12. The van der Waals surface area contributed by atoms with Gasteiger partial charge in [-0.3, -0.25) is 4.79 Å². The van der Waals surface area contributed by atoms with Crippen LogP contribution < -0.4 is 20.1 Å². The molecule has 0 fully saturated rings. The molecule has 0 aliphatic carbocycles. The third-order valence-corrected chi connectivity index (χ3v) is 4.69. The summed E-state index contributed by atoms with van der Waals surface area (Å²) < 4.78 is 23.6. The summed E-state index contributed by atoms with van der Waals surface area (Å²) in [7, 11) is 3.27. The Morgan fingerprint density at radius 1 is 0.867 bits per heavy atom. The molecule has 0 bridgehead atoms. The van der Waals surface area contributed by atoms with E-state index in [0.29, 0.717) is 13.1 Å². The number of benzene rings is 3. The minimum absolute atomic E-state index is 0.0823. The molecule has 0 atom stereocenters. The zero-order valence-electron chi connectivity index (χ0n) is 17.1. The molecule has 0 unspecified atom stereocenters. The Hall–Kier alpha value is -3.54. The Balaban J connectivity index is 1.51. The summed E-state index contributed by atoms with van der Waals surface area (Å²) in [6, 6.07) is 19.5. The van der Waals surface area contributed by atoms with Crippen molar-refractivity contribution in [1.82, 2.24) is 5.32 Å². The highest BCUT2D eigenvalue weighted by atomic mass is 19.1. The van der Waals surface area contributed by atoms with Crippen LogP contribution in [0.2, 0.25) is 0 Å². The van der Waals surface area contributed by atoms with Crippen molar-refractivity contribution in [3.8, 4) is 11.5 Å². The van der Waals surface area contributed by atoms with Crippen molar-refractivity contribution in [2.24, 2.45) is 0 Å². The van der Waals surface area contributed by atoms with Gasteiger partial charge in [0.25, 0.3) is 0 Å². The zero-order chi connectivity index (χ0) is 21.3. The molecule has 30 heavy (non-hydrogen) atoms. The standard InChI is InChI=1S/C24H25FN2O3/c1-29-22-11-12-23(30-2)19(14-22)16-26-21-9-5-17(6-10-21)13-24(28)27-15-18-3-7-20(25)8-4-18/h3-12,14,26H,13,15-16H2,1-2H3,(H,27,28). The average molecular weight is 408 g/mol. The molecule has 0 spiro atoms. The summed E-state index contributed by atoms with van der Waals surface area (Å²) >= 11 is 0. The van der Waals surface area contributed by atoms with Gasteiger partial charge in [-0.25, -0.2) is 4.39 Å². The summed E-state index contributed by atoms with van der Waals surface area (Å²) in [4.78, 5) is 12.2. The number of anilines is 1. The van der Waals surface area contributed by atoms with E-state index in [9.17, 15) is 9.18 Å². The SMILES string of the molecule is COc1ccc(OC)c(CNc2ccc(CC(=O)NCc3ccc(F)cc3)cc2)c1. The fourth-order valence-electron chi connectivity index (χ4n) is 3.01. The molecule has 1 amide bonds. The van der Waals surface area contributed by atoms with Gasteiger partial charge in [0, 0.05) is 24.3 Å². The smallest absolute Gasteiger partial charge is 0.224 e. The van der Waals surface area contributed by atoms with Gasteiger partial charge >= 0.3 is 0 Å². The number of rotatable bonds is 9. The molecule has 0 aromatic heterocycles. The van der Waals surface area contributed by atoms with Crippen LogP contribution in [0.15, 0.2) is 66.7 Å². The maximum Gasteiger partial charge on any atom is 0.224 e. The Kier molecular flexibility index (Phi) is 7.27. The van der Waals surface area contributed by atoms with Crippen LogP contribution in [0.1, 0.15) is 16.7 Å². The van der Waals surface area contributed by atoms with Gasteiger partial charge in [-0.15, -0.1) is 0 Å². The van der Waals surface area contributed by atoms with Crippen molar-refractivity contribution >= 4 is 11.6 Å². The van der Waals surface area contributed by atoms with Gasteiger partial charge in [0.15, 0.2) is 0 Å². The van der Waals surface area contributed by atoms with E-state index < -0.39 is 0 Å². The van der Waals surface area contributed by atoms with Crippen molar-refractivity contribution in [1.29, 1.82) is 0 Å². The maximum atomic E-state index is 12.9. The molecule has 0 aliphatic heterocycles. The van der Waals surface area contributed by atoms with Crippen molar-refractivity contribution in [2.75, 3.05) is 19.5 Å². The number of carbonyl (C=O) groups is 1. The number of halogens is 1. The van der Waals surface area contributed by atoms with E-state index in [0.717, 1.165) is 33.9 Å². The number of ether oxygens (including phenoxy) is 2. The third kappa shape index (κ3) is 5.98. The molecule has 0 heterocycles. The van der Waals surface area contributed by atoms with Crippen LogP contribution >= 0.6 is 0 Å². The van der Waals surface area contributed by atoms with Gasteiger partial charge in [-0.1, -0.05) is 24.3 Å². The van der Waals surface area contributed by atoms with Gasteiger partial charge in [0.2, 0.25) is 5.91 Å². The molecule has 156 valence electrons. The third-order valence-electron chi connectivity index (χ3n) is 4.69. The number of methoxy groups -OCH3 is 2. The Morgan fingerprint density at radius 3 is 2.23 bits per heavy atom. The molecule has 3 aromatic carbocycles. The molecule has 3 rings (SSSR count). The fraction of sp³-hybridized carbons (Fsp3) is 0.208. The molecule has 0 saturated carbocycles. The van der Waals surface area contributed by atoms with Crippen LogP contribution in [0.3, 0.4) is 0 Å². The van der Waals surface area contributed by atoms with E-state index in [-0.39, 0.29) is 18.1 Å². The minimum atomic E-state index is -0.288. The second-order valence-electron chi connectivity index (χ2n) is 6.81. The Morgan fingerprint density at radius 2 is 1.57 bits per heavy atom. The molecule has 0 aliphatic rings. The molecule has 2 N–H and O–H groups in total. The number of carbonyl (C=O) groups excluding carboxylic acids is 1. The lowest BCUT2D eigenvalue weighted by atomic mass is 10.1. The monoisotopic (exact) mass is 408 g/mol. The molecular formula is C24H25FN2O3. The average Bonchev–Trinajstić information content (AvgIpc) is 2.78. The second-order valence-corrected chi connectivity index (χ2v) is 6.81. The number of hydrogen-bond donors (Lipinski definition) is 2. The van der Waals surface area contributed by atoms with E-state index in [1.165, 1.54) is 12.1 Å². The van der Waals surface area contributed by atoms with Crippen molar-refractivity contribution in [3.63, 3.8) is 0 Å². The van der Waals surface area contributed by atoms with Gasteiger partial charge in [-0.2, -0.15) is 0 Å². The number of amides is 1. The number of nitrogens with one attached hydrogen (secondary N) is 2. The Labute approximate surface area is 175 Å². The topological polar surface area (TPSA) is 59.6 Å². The first-order valence-electron chi connectivity index (χ1n) is 9.62. The maximum absolute atomic E-state index is 12.9. The van der Waals surface area contributed by atoms with Crippen LogP contribution in [0.5, 0.6) is 11.5 Å². The van der Waals surface area contributed by atoms with Crippen LogP contribution in [-0.4, -0.2) is 20.1 Å². The second kappa shape index (κ2) is 10.3. The molecule has 0 saturated heterocycles. The molecular weight excluding hydrogens is 383 g/mol. The highest BCUT2D eigenvalue weighted by Gasteiger charge is 2.07. The first kappa shape index (κ1) is 21.2. The van der Waals surface area contributed by atoms with Gasteiger partial charge in [-0.05, 0) is 53.6 Å². The van der Waals surface area contributed by atoms with Crippen molar-refractivity contribution in [2.45, 2.75) is 19.5 Å². The van der Waals surface area contributed by atoms with E-state index in [1.807, 2.05) is 42.5 Å². The summed E-state index contributed by atoms with van der Waals surface area (Å²) in [5, 5.41) is 6.20. The first-order valence-corrected chi connectivity index (χ1v) is 9.62. The lowest BCUT2D eigenvalue weighted by Crippen LogP contribution is -2.24. The van der Waals surface area contributed by atoms with E-state index in [4.69, 9.17) is 9.47 Å². The predicted molar refractivity (Wildman–Crippen MR) is 115 cm³/mol. The zero-order valence-corrected chi connectivity index (χ0v) is 17.1. The van der Waals surface area contributed by atoms with Crippen molar-refractivity contribution < 1.29 is 18.7 Å². The fourth-order valence-corrected chi connectivity index (χ4v) is 3.01. The quantitative estimate of drug-likeness (QED) is 0.554. The molecule has 5 nitrogen and oxygen atoms in total. The summed E-state index contributed by atoms with van der Waals surface area (Å²) in [6.07, 6.45) is 0.283. The summed E-state index contributed by atoms with van der Waals surface area (Å²) in [6.45, 7) is 0.957. The highest BCUT2D eigenvalue weighted by Crippen LogP contribution is 2.25. The largest absolute Gasteiger partial charge is 0.497 e. The lowest BCUT2D eigenvalue weighted by molar-refractivity contribution is -0.120. The van der Waals surface area contributed by atoms with E-state index in [2.05, 4.69) is 10.6 Å². The first-order chi connectivity index (χ1) is 14.6. The molecule has 3 aromatic rings. The minimum Gasteiger partial charge on any atom is -0.497 e. The van der Waals surface area contributed by atoms with Crippen LogP contribution in [-0.2, 0) is 24.3 Å². The van der Waals surface area contributed by atoms with Crippen LogP contribution in [0.4, 0.5) is 10.1 Å². The van der Waals surface area contributed by atoms with Gasteiger partial charge in [0.1, 0.15) is 17.3 Å². The Bertz CT molecular complexity index is 973. The van der Waals surface area contributed by atoms with Gasteiger partial charge < -0.3 is 20.1 Å². The molecule has 6 heteroatoms. The highest BCUT2D eigenvalue weighted by molar-refractivity contribution is 5.78. The van der Waals surface area contributed by atoms with Crippen LogP contribution in [0.25, 0.3) is 0 Å². The predicted octanol–water partition coefficient (Wildman–Crippen LogP) is 4.31. The van der Waals surface area contributed by atoms with E-state index >= 15 is 0 Å². The van der Waals surface area contributed by atoms with Gasteiger partial charge in [0.05, 0.1) is 20.6 Å². The normalized spacial score (nSPS) is 10.4. The van der Waals surface area contributed by atoms with Crippen LogP contribution in [0, 0.1) is 5.82 Å². The molecule has 0 radical (unpaired) electrons. The van der Waals surface area contributed by atoms with Crippen molar-refractivity contribution in [3.05, 3.63) is 89.2 Å². The summed E-state index contributed by atoms with van der Waals surface area (Å²) in [5.41, 5.74) is 3.70. The van der Waals surface area contributed by atoms with E-state index in [1.54, 1.807) is 26.4 Å². The number of hydrogen-bond acceptors (Lipinski definition) is 4. The summed E-state index contributed by atoms with van der Waals surface area (Å²) in [5.74, 6) is 1.19.